The quantitative estimate of drug-likeness (QED) is 0.904. The van der Waals surface area contributed by atoms with Crippen LogP contribution in [0.3, 0.4) is 0 Å². The Balaban J connectivity index is 1.73. The number of hydrogen-bond donors (Lipinski definition) is 1. The van der Waals surface area contributed by atoms with Crippen molar-refractivity contribution in [1.29, 1.82) is 0 Å². The van der Waals surface area contributed by atoms with Crippen LogP contribution in [-0.4, -0.2) is 19.2 Å². The molecular weight excluding hydrogens is 253 g/mol. The molecule has 1 aromatic carbocycles. The fourth-order valence-electron chi connectivity index (χ4n) is 4.05. The van der Waals surface area contributed by atoms with Gasteiger partial charge in [0.25, 0.3) is 0 Å². The van der Waals surface area contributed by atoms with E-state index in [1.807, 2.05) is 0 Å². The lowest BCUT2D eigenvalue weighted by Gasteiger charge is -2.55. The van der Waals surface area contributed by atoms with Crippen molar-refractivity contribution in [2.24, 2.45) is 5.41 Å². The Labute approximate surface area is 120 Å². The minimum atomic E-state index is -0.205. The van der Waals surface area contributed by atoms with Gasteiger partial charge >= 0.3 is 0 Å². The van der Waals surface area contributed by atoms with E-state index in [1.165, 1.54) is 50.7 Å². The zero-order valence-electron chi connectivity index (χ0n) is 12.2. The van der Waals surface area contributed by atoms with E-state index in [9.17, 15) is 4.39 Å². The molecule has 1 aromatic rings. The molecule has 2 unspecified atom stereocenters. The molecule has 0 heterocycles. The molecule has 0 radical (unpaired) electrons. The monoisotopic (exact) mass is 277 g/mol. The average molecular weight is 277 g/mol. The lowest BCUT2D eigenvalue weighted by atomic mass is 9.58. The number of rotatable bonds is 3. The zero-order chi connectivity index (χ0) is 14.0. The van der Waals surface area contributed by atoms with Crippen LogP contribution in [0.1, 0.15) is 44.9 Å². The first-order chi connectivity index (χ1) is 9.74. The highest BCUT2D eigenvalue weighted by atomic mass is 19.1. The second-order valence-electron chi connectivity index (χ2n) is 6.28. The van der Waals surface area contributed by atoms with Gasteiger partial charge < -0.3 is 10.1 Å². The summed E-state index contributed by atoms with van der Waals surface area (Å²) in [5.41, 5.74) is 0.291. The Morgan fingerprint density at radius 3 is 2.35 bits per heavy atom. The molecular formula is C17H24FNO. The summed E-state index contributed by atoms with van der Waals surface area (Å²) in [6.45, 7) is 0. The molecule has 1 N–H and O–H groups in total. The van der Waals surface area contributed by atoms with Crippen molar-refractivity contribution in [2.45, 2.75) is 57.1 Å². The van der Waals surface area contributed by atoms with E-state index in [0.717, 1.165) is 12.2 Å². The minimum Gasteiger partial charge on any atom is -0.490 e. The van der Waals surface area contributed by atoms with Gasteiger partial charge in [0.15, 0.2) is 0 Å². The average Bonchev–Trinajstić information content (AvgIpc) is 2.73. The normalized spacial score (nSPS) is 28.7. The van der Waals surface area contributed by atoms with Crippen LogP contribution in [0.5, 0.6) is 5.75 Å². The summed E-state index contributed by atoms with van der Waals surface area (Å²) in [6.07, 6.45) is 9.16. The van der Waals surface area contributed by atoms with E-state index in [4.69, 9.17) is 4.74 Å². The topological polar surface area (TPSA) is 21.3 Å². The van der Waals surface area contributed by atoms with E-state index in [1.54, 1.807) is 12.1 Å². The van der Waals surface area contributed by atoms with Crippen molar-refractivity contribution in [3.63, 3.8) is 0 Å². The largest absolute Gasteiger partial charge is 0.490 e. The smallest absolute Gasteiger partial charge is 0.123 e. The van der Waals surface area contributed by atoms with Gasteiger partial charge in [-0.15, -0.1) is 0 Å². The molecule has 3 rings (SSSR count). The van der Waals surface area contributed by atoms with Crippen molar-refractivity contribution in [3.8, 4) is 5.75 Å². The van der Waals surface area contributed by atoms with Gasteiger partial charge in [-0.2, -0.15) is 0 Å². The summed E-state index contributed by atoms with van der Waals surface area (Å²) >= 11 is 0. The van der Waals surface area contributed by atoms with Crippen LogP contribution >= 0.6 is 0 Å². The lowest BCUT2D eigenvalue weighted by molar-refractivity contribution is -0.0882. The summed E-state index contributed by atoms with van der Waals surface area (Å²) in [5.74, 6) is 0.595. The van der Waals surface area contributed by atoms with Crippen LogP contribution in [0.25, 0.3) is 0 Å². The van der Waals surface area contributed by atoms with Crippen LogP contribution in [0, 0.1) is 11.2 Å². The summed E-state index contributed by atoms with van der Waals surface area (Å²) in [4.78, 5) is 0. The van der Waals surface area contributed by atoms with Gasteiger partial charge in [0.05, 0.1) is 0 Å². The molecule has 2 fully saturated rings. The van der Waals surface area contributed by atoms with E-state index < -0.39 is 0 Å². The standard InChI is InChI=1S/C17H24FNO/c1-19-15-12-16(17(15)10-4-2-3-5-11-17)20-14-8-6-13(18)7-9-14/h6-9,15-16,19H,2-5,10-12H2,1H3. The highest BCUT2D eigenvalue weighted by Gasteiger charge is 2.55. The van der Waals surface area contributed by atoms with Crippen LogP contribution in [-0.2, 0) is 0 Å². The number of ether oxygens (including phenoxy) is 1. The maximum Gasteiger partial charge on any atom is 0.123 e. The predicted molar refractivity (Wildman–Crippen MR) is 78.4 cm³/mol. The molecule has 3 heteroatoms. The zero-order valence-corrected chi connectivity index (χ0v) is 12.2. The Kier molecular flexibility index (Phi) is 3.97. The Morgan fingerprint density at radius 1 is 1.10 bits per heavy atom. The van der Waals surface area contributed by atoms with E-state index in [-0.39, 0.29) is 11.9 Å². The third kappa shape index (κ3) is 2.44. The fraction of sp³-hybridized carbons (Fsp3) is 0.647. The Hall–Kier alpha value is -1.09. The first-order valence-electron chi connectivity index (χ1n) is 7.84. The van der Waals surface area contributed by atoms with Gasteiger partial charge in [-0.1, -0.05) is 25.7 Å². The third-order valence-corrected chi connectivity index (χ3v) is 5.26. The fourth-order valence-corrected chi connectivity index (χ4v) is 4.05. The molecule has 110 valence electrons. The number of halogens is 1. The first kappa shape index (κ1) is 13.9. The maximum absolute atomic E-state index is 13.0. The molecule has 2 saturated carbocycles. The molecule has 0 bridgehead atoms. The number of nitrogens with one attached hydrogen (secondary N) is 1. The van der Waals surface area contributed by atoms with Crippen molar-refractivity contribution in [3.05, 3.63) is 30.1 Å². The van der Waals surface area contributed by atoms with Gasteiger partial charge in [0.2, 0.25) is 0 Å². The van der Waals surface area contributed by atoms with Crippen LogP contribution in [0.15, 0.2) is 24.3 Å². The lowest BCUT2D eigenvalue weighted by Crippen LogP contribution is -2.64. The molecule has 0 amide bonds. The molecule has 2 aliphatic carbocycles. The van der Waals surface area contributed by atoms with Gasteiger partial charge in [0, 0.05) is 17.9 Å². The van der Waals surface area contributed by atoms with E-state index in [2.05, 4.69) is 12.4 Å². The summed E-state index contributed by atoms with van der Waals surface area (Å²) < 4.78 is 19.2. The molecule has 0 aliphatic heterocycles. The molecule has 0 aromatic heterocycles. The highest BCUT2D eigenvalue weighted by molar-refractivity contribution is 5.24. The van der Waals surface area contributed by atoms with E-state index in [0.29, 0.717) is 11.5 Å². The number of benzene rings is 1. The highest BCUT2D eigenvalue weighted by Crippen LogP contribution is 2.52. The first-order valence-corrected chi connectivity index (χ1v) is 7.84. The minimum absolute atomic E-state index is 0.205. The van der Waals surface area contributed by atoms with E-state index >= 15 is 0 Å². The van der Waals surface area contributed by atoms with Gasteiger partial charge in [0.1, 0.15) is 17.7 Å². The van der Waals surface area contributed by atoms with Crippen LogP contribution in [0.4, 0.5) is 4.39 Å². The van der Waals surface area contributed by atoms with Gasteiger partial charge in [-0.3, -0.25) is 0 Å². The maximum atomic E-state index is 13.0. The molecule has 2 atom stereocenters. The number of hydrogen-bond acceptors (Lipinski definition) is 2. The summed E-state index contributed by atoms with van der Waals surface area (Å²) in [6, 6.07) is 7.01. The van der Waals surface area contributed by atoms with Gasteiger partial charge in [-0.05, 0) is 44.2 Å². The van der Waals surface area contributed by atoms with Crippen LogP contribution < -0.4 is 10.1 Å². The van der Waals surface area contributed by atoms with Crippen molar-refractivity contribution < 1.29 is 9.13 Å². The van der Waals surface area contributed by atoms with Crippen molar-refractivity contribution >= 4 is 0 Å². The van der Waals surface area contributed by atoms with Crippen molar-refractivity contribution in [2.75, 3.05) is 7.05 Å². The van der Waals surface area contributed by atoms with Crippen LogP contribution in [0.2, 0.25) is 0 Å². The van der Waals surface area contributed by atoms with Crippen molar-refractivity contribution in [1.82, 2.24) is 5.32 Å². The van der Waals surface area contributed by atoms with Gasteiger partial charge in [-0.25, -0.2) is 4.39 Å². The summed E-state index contributed by atoms with van der Waals surface area (Å²) in [5, 5.41) is 3.47. The third-order valence-electron chi connectivity index (χ3n) is 5.26. The molecule has 20 heavy (non-hydrogen) atoms. The Morgan fingerprint density at radius 2 is 1.75 bits per heavy atom. The molecule has 2 aliphatic rings. The molecule has 0 saturated heterocycles. The Bertz CT molecular complexity index is 437. The second kappa shape index (κ2) is 5.72. The molecule has 2 nitrogen and oxygen atoms in total. The molecule has 1 spiro atoms. The predicted octanol–water partition coefficient (Wildman–Crippen LogP) is 3.91. The summed E-state index contributed by atoms with van der Waals surface area (Å²) in [7, 11) is 2.06. The second-order valence-corrected chi connectivity index (χ2v) is 6.28. The SMILES string of the molecule is CNC1CC(Oc2ccc(F)cc2)C12CCCCCC2.